The number of nitriles is 1. The molecular weight excluding hydrogens is 350 g/mol. The summed E-state index contributed by atoms with van der Waals surface area (Å²) in [6.45, 7) is 4.53. The van der Waals surface area contributed by atoms with Gasteiger partial charge >= 0.3 is 0 Å². The molecule has 1 aromatic carbocycles. The Morgan fingerprint density at radius 3 is 2.61 bits per heavy atom. The first kappa shape index (κ1) is 18.1. The third kappa shape index (κ3) is 2.91. The minimum atomic E-state index is 0.000876. The van der Waals surface area contributed by atoms with Crippen molar-refractivity contribution in [2.75, 3.05) is 26.7 Å². The van der Waals surface area contributed by atoms with E-state index in [-0.39, 0.29) is 11.9 Å². The Balaban J connectivity index is 1.74. The van der Waals surface area contributed by atoms with E-state index in [0.29, 0.717) is 11.1 Å². The summed E-state index contributed by atoms with van der Waals surface area (Å²) >= 11 is 0. The zero-order chi connectivity index (χ0) is 19.7. The Morgan fingerprint density at radius 1 is 1.29 bits per heavy atom. The van der Waals surface area contributed by atoms with Gasteiger partial charge in [-0.1, -0.05) is 24.3 Å². The summed E-state index contributed by atoms with van der Waals surface area (Å²) in [6, 6.07) is 10.0. The molecule has 3 aliphatic rings. The van der Waals surface area contributed by atoms with Crippen molar-refractivity contribution in [3.8, 4) is 6.07 Å². The number of amides is 1. The second-order valence-electron chi connectivity index (χ2n) is 7.05. The van der Waals surface area contributed by atoms with E-state index >= 15 is 0 Å². The molecule has 5 heteroatoms. The predicted octanol–water partition coefficient (Wildman–Crippen LogP) is 3.50. The second kappa shape index (κ2) is 7.40. The van der Waals surface area contributed by atoms with Gasteiger partial charge in [-0.05, 0) is 43.2 Å². The van der Waals surface area contributed by atoms with Crippen LogP contribution in [0.15, 0.2) is 65.5 Å². The number of benzene rings is 1. The largest absolute Gasteiger partial charge is 0.497 e. The van der Waals surface area contributed by atoms with Gasteiger partial charge in [0.25, 0.3) is 5.91 Å². The number of carbonyl (C=O) groups excluding carboxylic acids is 1. The first-order valence-electron chi connectivity index (χ1n) is 9.63. The van der Waals surface area contributed by atoms with E-state index in [1.807, 2.05) is 47.4 Å². The minimum Gasteiger partial charge on any atom is -0.497 e. The van der Waals surface area contributed by atoms with Crippen molar-refractivity contribution in [3.63, 3.8) is 0 Å². The first-order valence-corrected chi connectivity index (χ1v) is 9.63. The van der Waals surface area contributed by atoms with Crippen LogP contribution in [-0.2, 0) is 4.74 Å². The Morgan fingerprint density at radius 2 is 2.04 bits per heavy atom. The van der Waals surface area contributed by atoms with Crippen molar-refractivity contribution in [1.82, 2.24) is 9.80 Å². The first-order chi connectivity index (χ1) is 13.7. The van der Waals surface area contributed by atoms with Gasteiger partial charge in [-0.15, -0.1) is 0 Å². The van der Waals surface area contributed by atoms with Gasteiger partial charge in [-0.3, -0.25) is 4.79 Å². The molecule has 142 valence electrons. The van der Waals surface area contributed by atoms with Gasteiger partial charge in [0.1, 0.15) is 11.8 Å². The topological polar surface area (TPSA) is 56.6 Å². The highest BCUT2D eigenvalue weighted by molar-refractivity contribution is 5.95. The molecule has 1 atom stereocenters. The van der Waals surface area contributed by atoms with Crippen LogP contribution in [-0.4, -0.2) is 48.5 Å². The van der Waals surface area contributed by atoms with Crippen LogP contribution in [0.5, 0.6) is 0 Å². The lowest BCUT2D eigenvalue weighted by atomic mass is 10.00. The molecule has 0 aromatic heterocycles. The van der Waals surface area contributed by atoms with Crippen LogP contribution in [0.1, 0.15) is 29.3 Å². The molecule has 0 bridgehead atoms. The maximum atomic E-state index is 12.4. The number of carbonyl (C=O) groups is 1. The van der Waals surface area contributed by atoms with Crippen LogP contribution in [0.3, 0.4) is 0 Å². The number of hydrogen-bond donors (Lipinski definition) is 0. The molecule has 0 radical (unpaired) electrons. The molecule has 28 heavy (non-hydrogen) atoms. The van der Waals surface area contributed by atoms with Crippen molar-refractivity contribution in [2.24, 2.45) is 0 Å². The molecule has 2 aliphatic heterocycles. The van der Waals surface area contributed by atoms with E-state index < -0.39 is 0 Å². The van der Waals surface area contributed by atoms with E-state index in [1.165, 1.54) is 0 Å². The molecule has 1 fully saturated rings. The fourth-order valence-electron chi connectivity index (χ4n) is 3.94. The Kier molecular flexibility index (Phi) is 4.79. The van der Waals surface area contributed by atoms with Gasteiger partial charge in [0.15, 0.2) is 0 Å². The molecule has 0 spiro atoms. The van der Waals surface area contributed by atoms with Crippen LogP contribution in [0.2, 0.25) is 0 Å². The van der Waals surface area contributed by atoms with Crippen LogP contribution < -0.4 is 0 Å². The molecule has 4 rings (SSSR count). The lowest BCUT2D eigenvalue weighted by Crippen LogP contribution is -2.42. The predicted molar refractivity (Wildman–Crippen MR) is 108 cm³/mol. The SMILES string of the molecule is CCN1C(c2ccc(C(=O)N3CCC3)cc2)=C(C#N)C2=CC(OC)=CC=CC21. The van der Waals surface area contributed by atoms with Gasteiger partial charge in [0.2, 0.25) is 0 Å². The summed E-state index contributed by atoms with van der Waals surface area (Å²) in [6.07, 6.45) is 9.00. The fraction of sp³-hybridized carbons (Fsp3) is 0.304. The zero-order valence-electron chi connectivity index (χ0n) is 16.2. The quantitative estimate of drug-likeness (QED) is 0.811. The van der Waals surface area contributed by atoms with E-state index in [0.717, 1.165) is 48.6 Å². The summed E-state index contributed by atoms with van der Waals surface area (Å²) in [7, 11) is 1.63. The van der Waals surface area contributed by atoms with E-state index in [2.05, 4.69) is 24.0 Å². The van der Waals surface area contributed by atoms with Gasteiger partial charge in [-0.2, -0.15) is 5.26 Å². The van der Waals surface area contributed by atoms with Crippen LogP contribution in [0, 0.1) is 11.3 Å². The van der Waals surface area contributed by atoms with E-state index in [4.69, 9.17) is 4.74 Å². The molecule has 1 amide bonds. The number of likely N-dealkylation sites (tertiary alicyclic amines) is 1. The zero-order valence-corrected chi connectivity index (χ0v) is 16.2. The molecule has 1 aromatic rings. The maximum Gasteiger partial charge on any atom is 0.253 e. The number of allylic oxidation sites excluding steroid dienone is 3. The molecule has 1 aliphatic carbocycles. The number of methoxy groups -OCH3 is 1. The lowest BCUT2D eigenvalue weighted by molar-refractivity contribution is 0.0652. The van der Waals surface area contributed by atoms with Gasteiger partial charge < -0.3 is 14.5 Å². The average Bonchev–Trinajstić information content (AvgIpc) is 2.82. The number of rotatable bonds is 4. The third-order valence-corrected chi connectivity index (χ3v) is 5.56. The lowest BCUT2D eigenvalue weighted by Gasteiger charge is -2.31. The Hall–Kier alpha value is -3.26. The monoisotopic (exact) mass is 373 g/mol. The molecular formula is C23H23N3O2. The van der Waals surface area contributed by atoms with Crippen molar-refractivity contribution >= 4 is 11.6 Å². The van der Waals surface area contributed by atoms with Crippen molar-refractivity contribution in [3.05, 3.63) is 76.6 Å². The number of likely N-dealkylation sites (N-methyl/N-ethyl adjacent to an activating group) is 1. The smallest absolute Gasteiger partial charge is 0.253 e. The Labute approximate surface area is 165 Å². The molecule has 0 saturated carbocycles. The molecule has 2 heterocycles. The third-order valence-electron chi connectivity index (χ3n) is 5.56. The van der Waals surface area contributed by atoms with Crippen molar-refractivity contribution in [2.45, 2.75) is 19.4 Å². The molecule has 1 saturated heterocycles. The van der Waals surface area contributed by atoms with E-state index in [9.17, 15) is 10.1 Å². The van der Waals surface area contributed by atoms with Crippen LogP contribution in [0.25, 0.3) is 5.70 Å². The van der Waals surface area contributed by atoms with Gasteiger partial charge in [0.05, 0.1) is 24.4 Å². The van der Waals surface area contributed by atoms with Crippen LogP contribution in [0.4, 0.5) is 0 Å². The summed E-state index contributed by atoms with van der Waals surface area (Å²) < 4.78 is 5.40. The molecule has 5 nitrogen and oxygen atoms in total. The summed E-state index contributed by atoms with van der Waals surface area (Å²) in [5, 5.41) is 9.94. The van der Waals surface area contributed by atoms with E-state index in [1.54, 1.807) is 7.11 Å². The summed E-state index contributed by atoms with van der Waals surface area (Å²) in [4.78, 5) is 16.5. The maximum absolute atomic E-state index is 12.4. The van der Waals surface area contributed by atoms with Crippen molar-refractivity contribution in [1.29, 1.82) is 5.26 Å². The average molecular weight is 373 g/mol. The summed E-state index contributed by atoms with van der Waals surface area (Å²) in [5.74, 6) is 0.811. The molecule has 1 unspecified atom stereocenters. The highest BCUT2D eigenvalue weighted by atomic mass is 16.5. The van der Waals surface area contributed by atoms with Crippen LogP contribution >= 0.6 is 0 Å². The van der Waals surface area contributed by atoms with Gasteiger partial charge in [-0.25, -0.2) is 0 Å². The fourth-order valence-corrected chi connectivity index (χ4v) is 3.94. The second-order valence-corrected chi connectivity index (χ2v) is 7.05. The normalized spacial score (nSPS) is 20.7. The number of ether oxygens (including phenoxy) is 1. The summed E-state index contributed by atoms with van der Waals surface area (Å²) in [5.41, 5.74) is 4.15. The molecule has 0 N–H and O–H groups in total. The highest BCUT2D eigenvalue weighted by Gasteiger charge is 2.35. The highest BCUT2D eigenvalue weighted by Crippen LogP contribution is 2.41. The standard InChI is InChI=1S/C23H23N3O2/c1-3-26-21-7-4-6-18(28-2)14-19(21)20(15-24)22(26)16-8-10-17(11-9-16)23(27)25-12-5-13-25/h4,6-11,14,21H,3,5,12-13H2,1-2H3. The number of fused-ring (bicyclic) bond motifs is 1. The van der Waals surface area contributed by atoms with Gasteiger partial charge in [0, 0.05) is 30.8 Å². The van der Waals surface area contributed by atoms with Crippen molar-refractivity contribution < 1.29 is 9.53 Å². The number of nitrogens with zero attached hydrogens (tertiary/aromatic N) is 3. The Bertz CT molecular complexity index is 957. The minimum absolute atomic E-state index is 0.000876. The number of hydrogen-bond acceptors (Lipinski definition) is 4.